The minimum absolute atomic E-state index is 0.127. The molecule has 1 N–H and O–H groups in total. The van der Waals surface area contributed by atoms with E-state index in [1.807, 2.05) is 30.5 Å². The molecule has 7 nitrogen and oxygen atoms in total. The number of nitrogens with zero attached hydrogens (tertiary/aromatic N) is 2. The van der Waals surface area contributed by atoms with Crippen molar-refractivity contribution >= 4 is 5.97 Å². The van der Waals surface area contributed by atoms with Crippen molar-refractivity contribution in [2.45, 2.75) is 18.9 Å². The lowest BCUT2D eigenvalue weighted by Gasteiger charge is -2.37. The molecule has 0 amide bonds. The molecule has 1 saturated heterocycles. The van der Waals surface area contributed by atoms with Crippen molar-refractivity contribution < 1.29 is 24.1 Å². The number of rotatable bonds is 7. The summed E-state index contributed by atoms with van der Waals surface area (Å²) in [6.07, 6.45) is 4.80. The minimum atomic E-state index is -0.721. The molecule has 1 aliphatic rings. The first kappa shape index (κ1) is 19.9. The summed E-state index contributed by atoms with van der Waals surface area (Å²) < 4.78 is 16.7. The quantitative estimate of drug-likeness (QED) is 0.783. The molecule has 1 fully saturated rings. The van der Waals surface area contributed by atoms with E-state index in [1.165, 1.54) is 0 Å². The van der Waals surface area contributed by atoms with Crippen LogP contribution in [0.25, 0.3) is 0 Å². The number of hydrogen-bond donors (Lipinski definition) is 1. The third-order valence-corrected chi connectivity index (χ3v) is 5.27. The van der Waals surface area contributed by atoms with Gasteiger partial charge in [0.2, 0.25) is 5.75 Å². The topological polar surface area (TPSA) is 81.1 Å². The van der Waals surface area contributed by atoms with E-state index < -0.39 is 5.97 Å². The van der Waals surface area contributed by atoms with Crippen molar-refractivity contribution in [3.05, 3.63) is 47.8 Å². The molecule has 2 heterocycles. The maximum Gasteiger partial charge on any atom is 0.306 e. The first-order chi connectivity index (χ1) is 13.6. The molecule has 1 aromatic heterocycles. The van der Waals surface area contributed by atoms with Crippen LogP contribution in [0.15, 0.2) is 36.7 Å². The van der Waals surface area contributed by atoms with Crippen LogP contribution in [0, 0.1) is 5.92 Å². The Bertz CT molecular complexity index is 804. The van der Waals surface area contributed by atoms with E-state index in [1.54, 1.807) is 27.5 Å². The molecule has 2 aromatic rings. The van der Waals surface area contributed by atoms with Crippen molar-refractivity contribution in [1.29, 1.82) is 0 Å². The van der Waals surface area contributed by atoms with Gasteiger partial charge in [0.05, 0.1) is 33.3 Å². The van der Waals surface area contributed by atoms with Crippen LogP contribution in [-0.2, 0) is 4.79 Å². The van der Waals surface area contributed by atoms with Gasteiger partial charge in [0, 0.05) is 18.0 Å². The zero-order valence-corrected chi connectivity index (χ0v) is 16.4. The number of carboxylic acids is 1. The first-order valence-corrected chi connectivity index (χ1v) is 9.26. The molecule has 1 aliphatic heterocycles. The van der Waals surface area contributed by atoms with E-state index in [9.17, 15) is 9.90 Å². The average Bonchev–Trinajstić information content (AvgIpc) is 2.74. The average molecular weight is 386 g/mol. The molecule has 0 spiro atoms. The monoisotopic (exact) mass is 386 g/mol. The summed E-state index contributed by atoms with van der Waals surface area (Å²) >= 11 is 0. The number of carbonyl (C=O) groups is 1. The Hall–Kier alpha value is -2.80. The molecule has 28 heavy (non-hydrogen) atoms. The number of likely N-dealkylation sites (tertiary alicyclic amines) is 1. The van der Waals surface area contributed by atoms with E-state index in [-0.39, 0.29) is 12.0 Å². The second-order valence-electron chi connectivity index (χ2n) is 6.76. The Labute approximate surface area is 164 Å². The molecule has 7 heteroatoms. The number of aromatic nitrogens is 1. The molecule has 150 valence electrons. The van der Waals surface area contributed by atoms with Crippen molar-refractivity contribution in [1.82, 2.24) is 9.88 Å². The zero-order chi connectivity index (χ0) is 20.1. The number of pyridine rings is 1. The van der Waals surface area contributed by atoms with Gasteiger partial charge in [-0.15, -0.1) is 0 Å². The number of methoxy groups -OCH3 is 3. The van der Waals surface area contributed by atoms with Crippen LogP contribution in [0.5, 0.6) is 17.2 Å². The van der Waals surface area contributed by atoms with Gasteiger partial charge < -0.3 is 19.3 Å². The van der Waals surface area contributed by atoms with Crippen molar-refractivity contribution in [2.24, 2.45) is 5.92 Å². The van der Waals surface area contributed by atoms with Crippen LogP contribution in [0.2, 0.25) is 0 Å². The maximum atomic E-state index is 11.3. The summed E-state index contributed by atoms with van der Waals surface area (Å²) in [5, 5.41) is 9.33. The Balaban J connectivity index is 2.05. The first-order valence-electron chi connectivity index (χ1n) is 9.26. The highest BCUT2D eigenvalue weighted by Crippen LogP contribution is 2.45. The summed E-state index contributed by atoms with van der Waals surface area (Å²) in [5.41, 5.74) is 1.95. The third-order valence-electron chi connectivity index (χ3n) is 5.27. The zero-order valence-electron chi connectivity index (χ0n) is 16.4. The lowest BCUT2D eigenvalue weighted by molar-refractivity contribution is -0.143. The molecule has 0 radical (unpaired) electrons. The second kappa shape index (κ2) is 8.93. The van der Waals surface area contributed by atoms with Crippen LogP contribution in [0.3, 0.4) is 0 Å². The van der Waals surface area contributed by atoms with Gasteiger partial charge in [0.15, 0.2) is 11.5 Å². The predicted octanol–water partition coefficient (Wildman–Crippen LogP) is 2.99. The molecule has 1 aromatic carbocycles. The third kappa shape index (κ3) is 3.89. The number of ether oxygens (including phenoxy) is 3. The van der Waals surface area contributed by atoms with Gasteiger partial charge >= 0.3 is 5.97 Å². The van der Waals surface area contributed by atoms with Crippen LogP contribution >= 0.6 is 0 Å². The molecule has 0 bridgehead atoms. The Morgan fingerprint density at radius 3 is 2.36 bits per heavy atom. The molecule has 1 atom stereocenters. The highest BCUT2D eigenvalue weighted by atomic mass is 16.5. The lowest BCUT2D eigenvalue weighted by atomic mass is 9.91. The van der Waals surface area contributed by atoms with E-state index in [4.69, 9.17) is 14.2 Å². The SMILES string of the molecule is COc1ccc(C(c2cccnc2)N2CCC(C(=O)O)CC2)c(OC)c1OC. The van der Waals surface area contributed by atoms with Gasteiger partial charge in [0.25, 0.3) is 0 Å². The minimum Gasteiger partial charge on any atom is -0.493 e. The van der Waals surface area contributed by atoms with Gasteiger partial charge in [-0.05, 0) is 49.7 Å². The van der Waals surface area contributed by atoms with E-state index >= 15 is 0 Å². The Kier molecular flexibility index (Phi) is 6.36. The van der Waals surface area contributed by atoms with Gasteiger partial charge in [-0.3, -0.25) is 14.7 Å². The molecule has 0 saturated carbocycles. The number of hydrogen-bond acceptors (Lipinski definition) is 6. The maximum absolute atomic E-state index is 11.3. The number of piperidine rings is 1. The summed E-state index contributed by atoms with van der Waals surface area (Å²) in [4.78, 5) is 17.9. The second-order valence-corrected chi connectivity index (χ2v) is 6.76. The van der Waals surface area contributed by atoms with Gasteiger partial charge in [-0.2, -0.15) is 0 Å². The smallest absolute Gasteiger partial charge is 0.306 e. The molecule has 0 aliphatic carbocycles. The van der Waals surface area contributed by atoms with E-state index in [0.717, 1.165) is 11.1 Å². The summed E-state index contributed by atoms with van der Waals surface area (Å²) in [6, 6.07) is 7.64. The molecule has 1 unspecified atom stereocenters. The van der Waals surface area contributed by atoms with Gasteiger partial charge in [0.1, 0.15) is 0 Å². The van der Waals surface area contributed by atoms with Crippen molar-refractivity contribution in [3.8, 4) is 17.2 Å². The molecule has 3 rings (SSSR count). The highest BCUT2D eigenvalue weighted by molar-refractivity contribution is 5.70. The lowest BCUT2D eigenvalue weighted by Crippen LogP contribution is -2.39. The van der Waals surface area contributed by atoms with Crippen LogP contribution < -0.4 is 14.2 Å². The fourth-order valence-corrected chi connectivity index (χ4v) is 3.87. The molecular formula is C21H26N2O5. The fraction of sp³-hybridized carbons (Fsp3) is 0.429. The standard InChI is InChI=1S/C21H26N2O5/c1-26-17-7-6-16(19(27-2)20(17)28-3)18(15-5-4-10-22-13-15)23-11-8-14(9-12-23)21(24)25/h4-7,10,13-14,18H,8-9,11-12H2,1-3H3,(H,24,25). The predicted molar refractivity (Wildman–Crippen MR) is 104 cm³/mol. The fourth-order valence-electron chi connectivity index (χ4n) is 3.87. The summed E-state index contributed by atoms with van der Waals surface area (Å²) in [5.74, 6) is 0.727. The number of benzene rings is 1. The molecular weight excluding hydrogens is 360 g/mol. The highest BCUT2D eigenvalue weighted by Gasteiger charge is 2.33. The van der Waals surface area contributed by atoms with Crippen molar-refractivity contribution in [2.75, 3.05) is 34.4 Å². The van der Waals surface area contributed by atoms with Crippen molar-refractivity contribution in [3.63, 3.8) is 0 Å². The Morgan fingerprint density at radius 2 is 1.82 bits per heavy atom. The number of aliphatic carboxylic acids is 1. The van der Waals surface area contributed by atoms with Crippen LogP contribution in [0.1, 0.15) is 30.0 Å². The van der Waals surface area contributed by atoms with Crippen LogP contribution in [0.4, 0.5) is 0 Å². The summed E-state index contributed by atoms with van der Waals surface area (Å²) in [7, 11) is 4.78. The van der Waals surface area contributed by atoms with Crippen LogP contribution in [-0.4, -0.2) is 55.4 Å². The normalized spacial score (nSPS) is 16.4. The summed E-state index contributed by atoms with van der Waals surface area (Å²) in [6.45, 7) is 1.35. The number of carboxylic acid groups (broad SMARTS) is 1. The van der Waals surface area contributed by atoms with Gasteiger partial charge in [-0.25, -0.2) is 0 Å². The van der Waals surface area contributed by atoms with E-state index in [0.29, 0.717) is 43.2 Å². The van der Waals surface area contributed by atoms with Gasteiger partial charge in [-0.1, -0.05) is 6.07 Å². The Morgan fingerprint density at radius 1 is 1.11 bits per heavy atom. The van der Waals surface area contributed by atoms with E-state index in [2.05, 4.69) is 9.88 Å². The largest absolute Gasteiger partial charge is 0.493 e.